The Kier molecular flexibility index (Phi) is 2.23. The molecule has 0 atom stereocenters. The zero-order valence-electron chi connectivity index (χ0n) is 9.24. The van der Waals surface area contributed by atoms with E-state index >= 15 is 0 Å². The van der Waals surface area contributed by atoms with E-state index in [4.69, 9.17) is 0 Å². The summed E-state index contributed by atoms with van der Waals surface area (Å²) in [5.41, 5.74) is -0.851. The molecule has 2 heterocycles. The fourth-order valence-corrected chi connectivity index (χ4v) is 1.93. The van der Waals surface area contributed by atoms with Crippen LogP contribution in [0.15, 0.2) is 29.2 Å². The predicted molar refractivity (Wildman–Crippen MR) is 58.4 cm³/mol. The number of alkyl halides is 3. The lowest BCUT2D eigenvalue weighted by molar-refractivity contribution is -0.141. The van der Waals surface area contributed by atoms with Gasteiger partial charge in [0.1, 0.15) is 5.65 Å². The lowest BCUT2D eigenvalue weighted by atomic mass is 10.2. The van der Waals surface area contributed by atoms with Gasteiger partial charge in [-0.1, -0.05) is 0 Å². The Balaban J connectivity index is 2.23. The highest BCUT2D eigenvalue weighted by molar-refractivity contribution is 5.44. The largest absolute Gasteiger partial charge is 0.433 e. The molecule has 0 saturated heterocycles. The molecule has 2 aromatic rings. The van der Waals surface area contributed by atoms with E-state index in [9.17, 15) is 18.0 Å². The van der Waals surface area contributed by atoms with Gasteiger partial charge in [0.15, 0.2) is 5.69 Å². The number of rotatable bonds is 1. The van der Waals surface area contributed by atoms with E-state index in [1.807, 2.05) is 0 Å². The molecule has 0 aliphatic heterocycles. The van der Waals surface area contributed by atoms with Crippen molar-refractivity contribution in [2.24, 2.45) is 0 Å². The molecule has 1 aliphatic carbocycles. The lowest BCUT2D eigenvalue weighted by Gasteiger charge is -2.08. The molecule has 0 bridgehead atoms. The Labute approximate surface area is 99.9 Å². The molecular weight excluding hydrogens is 245 g/mol. The van der Waals surface area contributed by atoms with Gasteiger partial charge in [-0.25, -0.2) is 4.98 Å². The smallest absolute Gasteiger partial charge is 0.269 e. The Morgan fingerprint density at radius 1 is 1.28 bits per heavy atom. The van der Waals surface area contributed by atoms with Crippen LogP contribution in [0, 0.1) is 0 Å². The fraction of sp³-hybridized carbons (Fsp3) is 0.333. The molecule has 94 valence electrons. The summed E-state index contributed by atoms with van der Waals surface area (Å²) < 4.78 is 38.8. The third-order valence-corrected chi connectivity index (χ3v) is 3.03. The number of fused-ring (bicyclic) bond motifs is 1. The highest BCUT2D eigenvalue weighted by atomic mass is 19.4. The molecule has 0 amide bonds. The molecule has 3 rings (SSSR count). The molecule has 6 heteroatoms. The lowest BCUT2D eigenvalue weighted by Crippen LogP contribution is -2.19. The second kappa shape index (κ2) is 3.57. The second-order valence-electron chi connectivity index (χ2n) is 4.44. The van der Waals surface area contributed by atoms with Crippen molar-refractivity contribution >= 4 is 5.65 Å². The van der Waals surface area contributed by atoms with Crippen LogP contribution in [0.5, 0.6) is 0 Å². The molecule has 3 nitrogen and oxygen atoms in total. The van der Waals surface area contributed by atoms with Crippen LogP contribution in [0.3, 0.4) is 0 Å². The SMILES string of the molecule is O=c1cc(C(F)(F)F)nc2cc(C3CC3)ccn12. The number of halogens is 3. The van der Waals surface area contributed by atoms with Gasteiger partial charge in [-0.15, -0.1) is 0 Å². The number of nitrogens with zero attached hydrogens (tertiary/aromatic N) is 2. The van der Waals surface area contributed by atoms with Crippen LogP contribution in [-0.2, 0) is 6.18 Å². The van der Waals surface area contributed by atoms with Gasteiger partial charge in [-0.2, -0.15) is 13.2 Å². The van der Waals surface area contributed by atoms with E-state index in [2.05, 4.69) is 4.98 Å². The average Bonchev–Trinajstić information content (AvgIpc) is 3.10. The van der Waals surface area contributed by atoms with Crippen LogP contribution in [0.1, 0.15) is 30.0 Å². The highest BCUT2D eigenvalue weighted by Gasteiger charge is 2.33. The van der Waals surface area contributed by atoms with Crippen LogP contribution in [0.4, 0.5) is 13.2 Å². The second-order valence-corrected chi connectivity index (χ2v) is 4.44. The van der Waals surface area contributed by atoms with Gasteiger partial charge in [0.25, 0.3) is 5.56 Å². The molecule has 0 spiro atoms. The third-order valence-electron chi connectivity index (χ3n) is 3.03. The van der Waals surface area contributed by atoms with Crippen LogP contribution in [-0.4, -0.2) is 9.38 Å². The van der Waals surface area contributed by atoms with Crippen LogP contribution < -0.4 is 5.56 Å². The van der Waals surface area contributed by atoms with Crippen LogP contribution in [0.25, 0.3) is 5.65 Å². The topological polar surface area (TPSA) is 34.4 Å². The maximum Gasteiger partial charge on any atom is 0.433 e. The molecule has 2 aromatic heterocycles. The van der Waals surface area contributed by atoms with Crippen molar-refractivity contribution in [3.63, 3.8) is 0 Å². The van der Waals surface area contributed by atoms with E-state index in [-0.39, 0.29) is 5.65 Å². The van der Waals surface area contributed by atoms with Crippen molar-refractivity contribution in [3.05, 3.63) is 46.0 Å². The van der Waals surface area contributed by atoms with Gasteiger partial charge < -0.3 is 0 Å². The van der Waals surface area contributed by atoms with Crippen molar-refractivity contribution in [3.8, 4) is 0 Å². The normalized spacial score (nSPS) is 16.2. The minimum absolute atomic E-state index is 0.0548. The summed E-state index contributed by atoms with van der Waals surface area (Å²) in [6.07, 6.45) is -1.03. The Bertz CT molecular complexity index is 671. The first-order valence-electron chi connectivity index (χ1n) is 5.56. The summed E-state index contributed by atoms with van der Waals surface area (Å²) in [6.45, 7) is 0. The molecular formula is C12H9F3N2O. The quantitative estimate of drug-likeness (QED) is 0.783. The zero-order valence-corrected chi connectivity index (χ0v) is 9.24. The van der Waals surface area contributed by atoms with Gasteiger partial charge in [-0.3, -0.25) is 9.20 Å². The Morgan fingerprint density at radius 3 is 2.61 bits per heavy atom. The maximum absolute atomic E-state index is 12.6. The van der Waals surface area contributed by atoms with E-state index in [1.54, 1.807) is 12.1 Å². The standard InChI is InChI=1S/C12H9F3N2O/c13-12(14,15)9-6-11(18)17-4-3-8(7-1-2-7)5-10(17)16-9/h3-7H,1-2H2. The number of hydrogen-bond donors (Lipinski definition) is 0. The number of hydrogen-bond acceptors (Lipinski definition) is 2. The molecule has 18 heavy (non-hydrogen) atoms. The first kappa shape index (κ1) is 11.3. The van der Waals surface area contributed by atoms with Gasteiger partial charge in [0, 0.05) is 12.3 Å². The van der Waals surface area contributed by atoms with Crippen molar-refractivity contribution < 1.29 is 13.2 Å². The van der Waals surface area contributed by atoms with Crippen LogP contribution in [0.2, 0.25) is 0 Å². The Morgan fingerprint density at radius 2 is 2.00 bits per heavy atom. The predicted octanol–water partition coefficient (Wildman–Crippen LogP) is 2.59. The van der Waals surface area contributed by atoms with Crippen molar-refractivity contribution in [2.45, 2.75) is 24.9 Å². The molecule has 1 aliphatic rings. The van der Waals surface area contributed by atoms with Crippen molar-refractivity contribution in [1.82, 2.24) is 9.38 Å². The van der Waals surface area contributed by atoms with E-state index in [0.29, 0.717) is 12.0 Å². The maximum atomic E-state index is 12.6. The van der Waals surface area contributed by atoms with E-state index in [0.717, 1.165) is 22.8 Å². The molecule has 1 fully saturated rings. The third kappa shape index (κ3) is 1.87. The summed E-state index contributed by atoms with van der Waals surface area (Å²) in [5.74, 6) is 0.404. The van der Waals surface area contributed by atoms with E-state index < -0.39 is 17.4 Å². The first-order valence-corrected chi connectivity index (χ1v) is 5.56. The van der Waals surface area contributed by atoms with Crippen molar-refractivity contribution in [1.29, 1.82) is 0 Å². The van der Waals surface area contributed by atoms with Crippen LogP contribution >= 0.6 is 0 Å². The highest BCUT2D eigenvalue weighted by Crippen LogP contribution is 2.40. The summed E-state index contributed by atoms with van der Waals surface area (Å²) >= 11 is 0. The molecule has 1 saturated carbocycles. The average molecular weight is 254 g/mol. The monoisotopic (exact) mass is 254 g/mol. The molecule has 0 unspecified atom stereocenters. The first-order chi connectivity index (χ1) is 8.45. The fourth-order valence-electron chi connectivity index (χ4n) is 1.93. The number of pyridine rings is 1. The van der Waals surface area contributed by atoms with Gasteiger partial charge in [-0.05, 0) is 36.5 Å². The Hall–Kier alpha value is -1.85. The van der Waals surface area contributed by atoms with E-state index in [1.165, 1.54) is 6.20 Å². The molecule has 0 aromatic carbocycles. The van der Waals surface area contributed by atoms with Gasteiger partial charge >= 0.3 is 6.18 Å². The summed E-state index contributed by atoms with van der Waals surface area (Å²) in [6, 6.07) is 3.85. The molecule has 0 radical (unpaired) electrons. The molecule has 0 N–H and O–H groups in total. The summed E-state index contributed by atoms with van der Waals surface area (Å²) in [7, 11) is 0. The minimum Gasteiger partial charge on any atom is -0.269 e. The minimum atomic E-state index is -4.59. The number of aromatic nitrogens is 2. The summed E-state index contributed by atoms with van der Waals surface area (Å²) in [4.78, 5) is 15.1. The van der Waals surface area contributed by atoms with Gasteiger partial charge in [0.05, 0.1) is 0 Å². The zero-order chi connectivity index (χ0) is 12.9. The summed E-state index contributed by atoms with van der Waals surface area (Å²) in [5, 5.41) is 0. The van der Waals surface area contributed by atoms with Crippen molar-refractivity contribution in [2.75, 3.05) is 0 Å². The van der Waals surface area contributed by atoms with Gasteiger partial charge in [0.2, 0.25) is 0 Å².